The molecule has 0 aliphatic heterocycles. The summed E-state index contributed by atoms with van der Waals surface area (Å²) in [4.78, 5) is 9.45. The molecule has 0 fully saturated rings. The van der Waals surface area contributed by atoms with Gasteiger partial charge in [-0.05, 0) is 6.92 Å². The summed E-state index contributed by atoms with van der Waals surface area (Å²) >= 11 is 0. The summed E-state index contributed by atoms with van der Waals surface area (Å²) in [5.74, 6) is -1.19. The van der Waals surface area contributed by atoms with E-state index in [0.717, 1.165) is 0 Å². The van der Waals surface area contributed by atoms with Crippen molar-refractivity contribution in [2.75, 3.05) is 13.2 Å². The van der Waals surface area contributed by atoms with E-state index in [1.54, 1.807) is 0 Å². The quantitative estimate of drug-likeness (QED) is 0.418. The maximum atomic E-state index is 9.45. The average molecular weight is 180 g/mol. The maximum Gasteiger partial charge on any atom is 0.332 e. The molecule has 0 radical (unpaired) electrons. The topological polar surface area (TPSA) is 98.0 Å². The third-order valence-electron chi connectivity index (χ3n) is 0.457. The van der Waals surface area contributed by atoms with E-state index in [4.69, 9.17) is 20.4 Å². The monoisotopic (exact) mass is 180 g/mol. The number of carboxylic acids is 1. The number of aliphatic hydroxyl groups excluding tert-OH is 3. The van der Waals surface area contributed by atoms with Crippen LogP contribution >= 0.6 is 0 Å². The second-order valence-electron chi connectivity index (χ2n) is 1.46. The molecule has 0 bridgehead atoms. The summed E-state index contributed by atoms with van der Waals surface area (Å²) in [6.07, 6.45) is -1.23. The Morgan fingerprint density at radius 1 is 1.33 bits per heavy atom. The van der Waals surface area contributed by atoms with Crippen LogP contribution < -0.4 is 0 Å². The van der Waals surface area contributed by atoms with Crippen LogP contribution in [0.4, 0.5) is 0 Å². The van der Waals surface area contributed by atoms with Gasteiger partial charge in [0.25, 0.3) is 0 Å². The van der Waals surface area contributed by atoms with Crippen LogP contribution in [-0.2, 0) is 4.79 Å². The van der Waals surface area contributed by atoms with Crippen LogP contribution in [0.25, 0.3) is 0 Å². The van der Waals surface area contributed by atoms with Crippen LogP contribution in [0.1, 0.15) is 6.92 Å². The predicted octanol–water partition coefficient (Wildman–Crippen LogP) is -0.775. The number of hydrogen-bond acceptors (Lipinski definition) is 4. The molecule has 0 aromatic carbocycles. The highest BCUT2D eigenvalue weighted by molar-refractivity contribution is 5.71. The molecule has 5 heteroatoms. The van der Waals surface area contributed by atoms with Gasteiger partial charge in [0.15, 0.2) is 0 Å². The first-order valence-corrected chi connectivity index (χ1v) is 3.18. The normalized spacial score (nSPS) is 9.67. The van der Waals surface area contributed by atoms with Gasteiger partial charge < -0.3 is 20.4 Å². The van der Waals surface area contributed by atoms with Crippen molar-refractivity contribution in [2.24, 2.45) is 0 Å². The minimum atomic E-state index is -1.23. The van der Waals surface area contributed by atoms with Crippen LogP contribution in [0, 0.1) is 0 Å². The highest BCUT2D eigenvalue weighted by atomic mass is 16.4. The van der Waals surface area contributed by atoms with Gasteiger partial charge in [0, 0.05) is 0 Å². The Morgan fingerprint density at radius 2 is 1.50 bits per heavy atom. The summed E-state index contributed by atoms with van der Waals surface area (Å²) in [5, 5.41) is 31.0. The first kappa shape index (κ1) is 17.3. The van der Waals surface area contributed by atoms with Gasteiger partial charge in [-0.25, -0.2) is 4.79 Å². The fourth-order valence-electron chi connectivity index (χ4n) is 0. The highest BCUT2D eigenvalue weighted by Crippen LogP contribution is 1.73. The molecule has 74 valence electrons. The number of rotatable bonds is 2. The minimum absolute atomic E-state index is 0.125. The van der Waals surface area contributed by atoms with Gasteiger partial charge in [-0.1, -0.05) is 0 Å². The summed E-state index contributed by atoms with van der Waals surface area (Å²) in [6.45, 7) is 6.95. The molecule has 1 unspecified atom stereocenters. The van der Waals surface area contributed by atoms with Gasteiger partial charge in [-0.15, -0.1) is 13.2 Å². The molecule has 0 saturated carbocycles. The Hall–Kier alpha value is -0.910. The van der Waals surface area contributed by atoms with Gasteiger partial charge in [0.2, 0.25) is 0 Å². The van der Waals surface area contributed by atoms with E-state index in [2.05, 4.69) is 13.2 Å². The molecule has 0 saturated heterocycles. The lowest BCUT2D eigenvalue weighted by Crippen LogP contribution is -2.13. The molecule has 5 nitrogen and oxygen atoms in total. The van der Waals surface area contributed by atoms with Crippen LogP contribution in [0.3, 0.4) is 0 Å². The maximum absolute atomic E-state index is 9.45. The van der Waals surface area contributed by atoms with Gasteiger partial charge in [-0.3, -0.25) is 0 Å². The Kier molecular flexibility index (Phi) is 23.8. The zero-order valence-corrected chi connectivity index (χ0v) is 7.10. The summed E-state index contributed by atoms with van der Waals surface area (Å²) in [6, 6.07) is 0. The fraction of sp³-hybridized carbons (Fsp3) is 0.571. The Bertz CT molecular complexity index is 89.8. The van der Waals surface area contributed by atoms with E-state index in [1.807, 2.05) is 0 Å². The third-order valence-corrected chi connectivity index (χ3v) is 0.457. The first-order chi connectivity index (χ1) is 5.56. The summed E-state index contributed by atoms with van der Waals surface area (Å²) < 4.78 is 0. The van der Waals surface area contributed by atoms with Crippen molar-refractivity contribution in [3.8, 4) is 0 Å². The van der Waals surface area contributed by atoms with Crippen LogP contribution in [-0.4, -0.2) is 45.7 Å². The number of carbonyl (C=O) groups is 1. The lowest BCUT2D eigenvalue weighted by molar-refractivity contribution is -0.145. The second kappa shape index (κ2) is 16.6. The standard InChI is InChI=1S/C3H6O3.C2H6O2.C2H4/c1-2(4)3(5)6;3-1-2-4;1-2/h2,4H,1H3,(H,5,6);3-4H,1-2H2;1-2H2. The minimum Gasteiger partial charge on any atom is -0.479 e. The van der Waals surface area contributed by atoms with E-state index in [9.17, 15) is 4.79 Å². The SMILES string of the molecule is C=C.CC(O)C(=O)O.OCCO. The van der Waals surface area contributed by atoms with Crippen LogP contribution in [0.5, 0.6) is 0 Å². The molecule has 0 spiro atoms. The molecule has 0 aliphatic rings. The number of aliphatic hydroxyl groups is 3. The van der Waals surface area contributed by atoms with Crippen LogP contribution in [0.15, 0.2) is 13.2 Å². The van der Waals surface area contributed by atoms with Crippen molar-refractivity contribution in [1.29, 1.82) is 0 Å². The number of carboxylic acid groups (broad SMARTS) is 1. The second-order valence-corrected chi connectivity index (χ2v) is 1.46. The van der Waals surface area contributed by atoms with Gasteiger partial charge in [0.05, 0.1) is 13.2 Å². The molecule has 0 rings (SSSR count). The van der Waals surface area contributed by atoms with Crippen molar-refractivity contribution in [3.63, 3.8) is 0 Å². The van der Waals surface area contributed by atoms with Crippen molar-refractivity contribution in [1.82, 2.24) is 0 Å². The molecule has 4 N–H and O–H groups in total. The molecular formula is C7H16O5. The predicted molar refractivity (Wildman–Crippen MR) is 44.7 cm³/mol. The Morgan fingerprint density at radius 3 is 1.50 bits per heavy atom. The van der Waals surface area contributed by atoms with Crippen LogP contribution in [0.2, 0.25) is 0 Å². The van der Waals surface area contributed by atoms with E-state index in [-0.39, 0.29) is 13.2 Å². The fourth-order valence-corrected chi connectivity index (χ4v) is 0. The smallest absolute Gasteiger partial charge is 0.332 e. The molecule has 0 amide bonds. The summed E-state index contributed by atoms with van der Waals surface area (Å²) in [7, 11) is 0. The van der Waals surface area contributed by atoms with E-state index < -0.39 is 12.1 Å². The van der Waals surface area contributed by atoms with Crippen molar-refractivity contribution >= 4 is 5.97 Å². The number of hydrogen-bond donors (Lipinski definition) is 4. The van der Waals surface area contributed by atoms with Crippen molar-refractivity contribution in [2.45, 2.75) is 13.0 Å². The molecule has 0 aromatic heterocycles. The van der Waals surface area contributed by atoms with E-state index >= 15 is 0 Å². The average Bonchev–Trinajstić information content (AvgIpc) is 2.08. The summed E-state index contributed by atoms with van der Waals surface area (Å²) in [5.41, 5.74) is 0. The Balaban J connectivity index is -0.000000118. The van der Waals surface area contributed by atoms with Gasteiger partial charge in [0.1, 0.15) is 6.10 Å². The number of aliphatic carboxylic acids is 1. The lowest BCUT2D eigenvalue weighted by atomic mass is 10.4. The molecular weight excluding hydrogens is 164 g/mol. The van der Waals surface area contributed by atoms with Gasteiger partial charge in [-0.2, -0.15) is 0 Å². The zero-order valence-electron chi connectivity index (χ0n) is 7.10. The van der Waals surface area contributed by atoms with Crippen molar-refractivity contribution < 1.29 is 25.2 Å². The lowest BCUT2D eigenvalue weighted by Gasteiger charge is -1.89. The molecule has 0 aromatic rings. The zero-order chi connectivity index (χ0) is 10.6. The van der Waals surface area contributed by atoms with E-state index in [0.29, 0.717) is 0 Å². The Labute approximate surface area is 71.6 Å². The van der Waals surface area contributed by atoms with Crippen molar-refractivity contribution in [3.05, 3.63) is 13.2 Å². The molecule has 0 heterocycles. The third kappa shape index (κ3) is 35.6. The first-order valence-electron chi connectivity index (χ1n) is 3.18. The van der Waals surface area contributed by atoms with Gasteiger partial charge >= 0.3 is 5.97 Å². The van der Waals surface area contributed by atoms with E-state index in [1.165, 1.54) is 6.92 Å². The molecule has 0 aliphatic carbocycles. The molecule has 12 heavy (non-hydrogen) atoms. The molecule has 1 atom stereocenters. The largest absolute Gasteiger partial charge is 0.479 e. The highest BCUT2D eigenvalue weighted by Gasteiger charge is 2.01.